The van der Waals surface area contributed by atoms with E-state index in [1.807, 2.05) is 13.8 Å². The fourth-order valence-electron chi connectivity index (χ4n) is 1.49. The maximum atomic E-state index is 12.0. The van der Waals surface area contributed by atoms with E-state index in [4.69, 9.17) is 10.5 Å². The van der Waals surface area contributed by atoms with E-state index in [1.54, 1.807) is 18.5 Å². The van der Waals surface area contributed by atoms with E-state index in [9.17, 15) is 4.79 Å². The monoisotopic (exact) mass is 222 g/mol. The maximum absolute atomic E-state index is 12.0. The quantitative estimate of drug-likeness (QED) is 0.743. The summed E-state index contributed by atoms with van der Waals surface area (Å²) in [6.45, 7) is 4.78. The van der Waals surface area contributed by atoms with Crippen LogP contribution in [0.15, 0.2) is 18.5 Å². The lowest BCUT2D eigenvalue weighted by atomic mass is 9.96. The van der Waals surface area contributed by atoms with E-state index in [1.165, 1.54) is 0 Å². The van der Waals surface area contributed by atoms with Crippen molar-refractivity contribution in [2.24, 2.45) is 11.7 Å². The van der Waals surface area contributed by atoms with E-state index >= 15 is 0 Å². The maximum Gasteiger partial charge on any atom is 0.168 e. The van der Waals surface area contributed by atoms with Crippen LogP contribution in [0, 0.1) is 5.92 Å². The van der Waals surface area contributed by atoms with Gasteiger partial charge in [-0.25, -0.2) is 0 Å². The fourth-order valence-corrected chi connectivity index (χ4v) is 1.49. The number of ether oxygens (including phenoxy) is 1. The predicted molar refractivity (Wildman–Crippen MR) is 62.6 cm³/mol. The number of carbonyl (C=O) groups is 1. The minimum Gasteiger partial charge on any atom is -0.492 e. The predicted octanol–water partition coefficient (Wildman–Crippen LogP) is 1.65. The molecular weight excluding hydrogens is 204 g/mol. The van der Waals surface area contributed by atoms with Crippen molar-refractivity contribution < 1.29 is 9.53 Å². The van der Waals surface area contributed by atoms with Crippen molar-refractivity contribution in [2.75, 3.05) is 13.2 Å². The van der Waals surface area contributed by atoms with Gasteiger partial charge in [0.05, 0.1) is 12.8 Å². The Morgan fingerprint density at radius 2 is 2.25 bits per heavy atom. The molecule has 1 unspecified atom stereocenters. The average Bonchev–Trinajstić information content (AvgIpc) is 2.31. The van der Waals surface area contributed by atoms with Gasteiger partial charge in [-0.1, -0.05) is 6.92 Å². The molecule has 4 heteroatoms. The third-order valence-corrected chi connectivity index (χ3v) is 2.46. The largest absolute Gasteiger partial charge is 0.492 e. The molecule has 0 fully saturated rings. The van der Waals surface area contributed by atoms with Crippen LogP contribution in [0.1, 0.15) is 30.6 Å². The molecule has 1 atom stereocenters. The van der Waals surface area contributed by atoms with Crippen LogP contribution in [0.4, 0.5) is 0 Å². The van der Waals surface area contributed by atoms with Gasteiger partial charge in [-0.15, -0.1) is 0 Å². The number of pyridine rings is 1. The lowest BCUT2D eigenvalue weighted by Crippen LogP contribution is -2.23. The summed E-state index contributed by atoms with van der Waals surface area (Å²) < 4.78 is 5.30. The molecule has 0 radical (unpaired) electrons. The van der Waals surface area contributed by atoms with Crippen LogP contribution >= 0.6 is 0 Å². The highest BCUT2D eigenvalue weighted by Crippen LogP contribution is 2.16. The van der Waals surface area contributed by atoms with E-state index in [2.05, 4.69) is 4.98 Å². The summed E-state index contributed by atoms with van der Waals surface area (Å²) in [5.41, 5.74) is 6.12. The lowest BCUT2D eigenvalue weighted by molar-refractivity contribution is 0.0920. The first-order chi connectivity index (χ1) is 7.72. The Balaban J connectivity index is 2.86. The molecule has 0 spiro atoms. The zero-order chi connectivity index (χ0) is 12.0. The highest BCUT2D eigenvalue weighted by molar-refractivity contribution is 5.98. The summed E-state index contributed by atoms with van der Waals surface area (Å²) in [5, 5.41) is 0. The Morgan fingerprint density at radius 3 is 2.81 bits per heavy atom. The normalized spacial score (nSPS) is 12.2. The standard InChI is InChI=1S/C12H18N2O2/c1-3-9(6-13)12(15)10-5-11(16-4-2)8-14-7-10/h5,7-9H,3-4,6,13H2,1-2H3. The van der Waals surface area contributed by atoms with Crippen molar-refractivity contribution in [2.45, 2.75) is 20.3 Å². The summed E-state index contributed by atoms with van der Waals surface area (Å²) in [7, 11) is 0. The molecule has 1 rings (SSSR count). The molecule has 2 N–H and O–H groups in total. The average molecular weight is 222 g/mol. The summed E-state index contributed by atoms with van der Waals surface area (Å²) in [6, 6.07) is 1.72. The van der Waals surface area contributed by atoms with Crippen LogP contribution in [0.5, 0.6) is 5.75 Å². The van der Waals surface area contributed by atoms with Gasteiger partial charge < -0.3 is 10.5 Å². The Morgan fingerprint density at radius 1 is 1.50 bits per heavy atom. The summed E-state index contributed by atoms with van der Waals surface area (Å²) in [6.07, 6.45) is 3.90. The molecule has 1 heterocycles. The van der Waals surface area contributed by atoms with Crippen molar-refractivity contribution in [1.82, 2.24) is 4.98 Å². The van der Waals surface area contributed by atoms with Crippen LogP contribution < -0.4 is 10.5 Å². The van der Waals surface area contributed by atoms with Crippen LogP contribution in [0.2, 0.25) is 0 Å². The lowest BCUT2D eigenvalue weighted by Gasteiger charge is -2.11. The Labute approximate surface area is 95.8 Å². The van der Waals surface area contributed by atoms with Crippen LogP contribution in [0.3, 0.4) is 0 Å². The first-order valence-corrected chi connectivity index (χ1v) is 5.55. The van der Waals surface area contributed by atoms with Crippen molar-refractivity contribution >= 4 is 5.78 Å². The molecule has 88 valence electrons. The van der Waals surface area contributed by atoms with Gasteiger partial charge >= 0.3 is 0 Å². The van der Waals surface area contributed by atoms with Gasteiger partial charge in [0.15, 0.2) is 5.78 Å². The summed E-state index contributed by atoms with van der Waals surface area (Å²) in [5.74, 6) is 0.540. The number of ketones is 1. The highest BCUT2D eigenvalue weighted by Gasteiger charge is 2.17. The minimum absolute atomic E-state index is 0.0408. The number of Topliss-reactive ketones (excluding diaryl/α,β-unsaturated/α-hetero) is 1. The number of nitrogens with zero attached hydrogens (tertiary/aromatic N) is 1. The van der Waals surface area contributed by atoms with Crippen molar-refractivity contribution in [3.05, 3.63) is 24.0 Å². The summed E-state index contributed by atoms with van der Waals surface area (Å²) in [4.78, 5) is 16.0. The van der Waals surface area contributed by atoms with Gasteiger partial charge in [0, 0.05) is 24.2 Å². The molecule has 0 aromatic carbocycles. The van der Waals surface area contributed by atoms with Crippen molar-refractivity contribution in [1.29, 1.82) is 0 Å². The summed E-state index contributed by atoms with van der Waals surface area (Å²) >= 11 is 0. The Bertz CT molecular complexity index is 349. The van der Waals surface area contributed by atoms with Gasteiger partial charge in [-0.3, -0.25) is 9.78 Å². The fraction of sp³-hybridized carbons (Fsp3) is 0.500. The van der Waals surface area contributed by atoms with Crippen LogP contribution in [-0.2, 0) is 0 Å². The zero-order valence-electron chi connectivity index (χ0n) is 9.77. The molecular formula is C12H18N2O2. The van der Waals surface area contributed by atoms with Crippen molar-refractivity contribution in [3.8, 4) is 5.75 Å². The molecule has 0 saturated carbocycles. The molecule has 0 aliphatic heterocycles. The number of hydrogen-bond donors (Lipinski definition) is 1. The molecule has 1 aromatic heterocycles. The molecule has 0 bridgehead atoms. The van der Waals surface area contributed by atoms with Crippen molar-refractivity contribution in [3.63, 3.8) is 0 Å². The number of hydrogen-bond acceptors (Lipinski definition) is 4. The number of carbonyl (C=O) groups excluding carboxylic acids is 1. The number of rotatable bonds is 6. The number of aromatic nitrogens is 1. The topological polar surface area (TPSA) is 65.2 Å². The second kappa shape index (κ2) is 6.23. The molecule has 0 saturated heterocycles. The molecule has 16 heavy (non-hydrogen) atoms. The molecule has 0 amide bonds. The molecule has 0 aliphatic rings. The van der Waals surface area contributed by atoms with E-state index in [0.717, 1.165) is 6.42 Å². The van der Waals surface area contributed by atoms with Gasteiger partial charge in [0.25, 0.3) is 0 Å². The second-order valence-corrected chi connectivity index (χ2v) is 3.55. The highest BCUT2D eigenvalue weighted by atomic mass is 16.5. The SMILES string of the molecule is CCOc1cncc(C(=O)C(CC)CN)c1. The Kier molecular flexibility index (Phi) is 4.92. The third-order valence-electron chi connectivity index (χ3n) is 2.46. The van der Waals surface area contributed by atoms with E-state index in [0.29, 0.717) is 24.5 Å². The first kappa shape index (κ1) is 12.6. The Hall–Kier alpha value is -1.42. The van der Waals surface area contributed by atoms with Gasteiger partial charge in [0.1, 0.15) is 5.75 Å². The van der Waals surface area contributed by atoms with E-state index < -0.39 is 0 Å². The third kappa shape index (κ3) is 3.03. The zero-order valence-corrected chi connectivity index (χ0v) is 9.77. The van der Waals surface area contributed by atoms with Gasteiger partial charge in [0.2, 0.25) is 0 Å². The van der Waals surface area contributed by atoms with Gasteiger partial charge in [-0.05, 0) is 19.4 Å². The van der Waals surface area contributed by atoms with Crippen LogP contribution in [-0.4, -0.2) is 23.9 Å². The number of nitrogens with two attached hydrogens (primary N) is 1. The second-order valence-electron chi connectivity index (χ2n) is 3.55. The molecule has 0 aliphatic carbocycles. The molecule has 4 nitrogen and oxygen atoms in total. The molecule has 1 aromatic rings. The van der Waals surface area contributed by atoms with Gasteiger partial charge in [-0.2, -0.15) is 0 Å². The first-order valence-electron chi connectivity index (χ1n) is 5.55. The smallest absolute Gasteiger partial charge is 0.168 e. The minimum atomic E-state index is -0.126. The van der Waals surface area contributed by atoms with Crippen LogP contribution in [0.25, 0.3) is 0 Å². The van der Waals surface area contributed by atoms with E-state index in [-0.39, 0.29) is 11.7 Å².